The van der Waals surface area contributed by atoms with E-state index >= 15 is 0 Å². The highest BCUT2D eigenvalue weighted by Gasteiger charge is 2.52. The zero-order chi connectivity index (χ0) is 30.7. The van der Waals surface area contributed by atoms with Gasteiger partial charge in [0.1, 0.15) is 23.4 Å². The molecule has 0 unspecified atom stereocenters. The Balaban J connectivity index is 1.45. The minimum Gasteiger partial charge on any atom is -0.459 e. The van der Waals surface area contributed by atoms with Crippen LogP contribution >= 0.6 is 0 Å². The summed E-state index contributed by atoms with van der Waals surface area (Å²) < 4.78 is 45.8. The van der Waals surface area contributed by atoms with Gasteiger partial charge in [0.05, 0.1) is 25.1 Å². The number of allylic oxidation sites excluding steroid dienone is 1. The van der Waals surface area contributed by atoms with Crippen LogP contribution in [0, 0.1) is 0 Å². The summed E-state index contributed by atoms with van der Waals surface area (Å²) >= 11 is 0. The number of furan rings is 1. The summed E-state index contributed by atoms with van der Waals surface area (Å²) in [6, 6.07) is 24.6. The number of fused-ring (bicyclic) bond motifs is 1. The van der Waals surface area contributed by atoms with Crippen molar-refractivity contribution in [2.24, 2.45) is 0 Å². The summed E-state index contributed by atoms with van der Waals surface area (Å²) in [7, 11) is -6.18. The van der Waals surface area contributed by atoms with Gasteiger partial charge in [0.2, 0.25) is 0 Å². The molecule has 1 aromatic heterocycles. The van der Waals surface area contributed by atoms with Gasteiger partial charge < -0.3 is 18.7 Å². The Labute approximate surface area is 257 Å². The van der Waals surface area contributed by atoms with E-state index in [2.05, 4.69) is 76.2 Å². The Kier molecular flexibility index (Phi) is 9.63. The number of aliphatic hydroxyl groups is 1. The molecule has 1 fully saturated rings. The zero-order valence-corrected chi connectivity index (χ0v) is 27.5. The van der Waals surface area contributed by atoms with Gasteiger partial charge in [-0.05, 0) is 64.0 Å². The van der Waals surface area contributed by atoms with E-state index in [9.17, 15) is 13.5 Å². The number of hydrogen-bond donors (Lipinski definition) is 1. The van der Waals surface area contributed by atoms with Crippen molar-refractivity contribution in [1.29, 1.82) is 0 Å². The molecule has 5 rings (SSSR count). The van der Waals surface area contributed by atoms with E-state index in [4.69, 9.17) is 13.6 Å². The predicted octanol–water partition coefficient (Wildman–Crippen LogP) is 5.80. The SMILES string of the molecule is CCC/C(=C\c1ccc(CO)o1)CC[C@H]1OC[C@H]2C1=C(CO[Si](c1ccccc1)(c1ccccc1)C(C)(C)C)CS2(=O)=O. The lowest BCUT2D eigenvalue weighted by molar-refractivity contribution is 0.117. The first-order valence-corrected chi connectivity index (χ1v) is 18.9. The molecule has 2 aliphatic rings. The summed E-state index contributed by atoms with van der Waals surface area (Å²) in [6.45, 7) is 9.19. The van der Waals surface area contributed by atoms with Crippen LogP contribution in [0.5, 0.6) is 0 Å². The normalized spacial score (nSPS) is 20.5. The van der Waals surface area contributed by atoms with Gasteiger partial charge in [-0.3, -0.25) is 0 Å². The smallest absolute Gasteiger partial charge is 0.261 e. The standard InChI is InChI=1S/C35H44O6SSi/c1-5-12-26(21-28-18-19-29(22-36)41-28)17-20-32-34-27(25-42(37,38)33(34)24-39-32)23-40-43(35(2,3)4,30-13-8-6-9-14-30)31-15-10-7-11-16-31/h6-11,13-16,18-19,21,32-33,36H,5,12,17,20,22-25H2,1-4H3/b26-21+/t32-,33+/m1/s1. The van der Waals surface area contributed by atoms with Crippen LogP contribution in [0.15, 0.2) is 93.9 Å². The summed E-state index contributed by atoms with van der Waals surface area (Å²) in [5, 5.41) is 10.9. The first kappa shape index (κ1) is 31.7. The fourth-order valence-electron chi connectivity index (χ4n) is 6.76. The molecule has 0 radical (unpaired) electrons. The molecule has 43 heavy (non-hydrogen) atoms. The van der Waals surface area contributed by atoms with Gasteiger partial charge >= 0.3 is 0 Å². The zero-order valence-electron chi connectivity index (χ0n) is 25.7. The molecule has 2 atom stereocenters. The van der Waals surface area contributed by atoms with Gasteiger partial charge in [-0.1, -0.05) is 100 Å². The average Bonchev–Trinajstić information content (AvgIpc) is 3.69. The number of ether oxygens (including phenoxy) is 1. The van der Waals surface area contributed by atoms with Crippen LogP contribution in [0.1, 0.15) is 64.9 Å². The van der Waals surface area contributed by atoms with Crippen LogP contribution in [-0.4, -0.2) is 52.2 Å². The van der Waals surface area contributed by atoms with Crippen LogP contribution in [0.2, 0.25) is 5.04 Å². The fourth-order valence-corrected chi connectivity index (χ4v) is 13.2. The predicted molar refractivity (Wildman–Crippen MR) is 175 cm³/mol. The van der Waals surface area contributed by atoms with Crippen LogP contribution in [0.25, 0.3) is 6.08 Å². The van der Waals surface area contributed by atoms with Crippen molar-refractivity contribution in [3.05, 3.63) is 101 Å². The maximum Gasteiger partial charge on any atom is 0.261 e. The van der Waals surface area contributed by atoms with Crippen molar-refractivity contribution in [1.82, 2.24) is 0 Å². The molecule has 8 heteroatoms. The monoisotopic (exact) mass is 620 g/mol. The van der Waals surface area contributed by atoms with Gasteiger partial charge in [-0.15, -0.1) is 0 Å². The van der Waals surface area contributed by atoms with Crippen molar-refractivity contribution in [2.45, 2.75) is 76.4 Å². The number of sulfone groups is 1. The lowest BCUT2D eigenvalue weighted by Gasteiger charge is -2.43. The molecular weight excluding hydrogens is 577 g/mol. The fraction of sp³-hybridized carbons (Fsp3) is 0.429. The molecule has 0 aliphatic carbocycles. The molecule has 0 bridgehead atoms. The summed E-state index contributed by atoms with van der Waals surface area (Å²) in [6.07, 6.45) is 5.15. The van der Waals surface area contributed by atoms with E-state index in [-0.39, 0.29) is 36.7 Å². The Hall–Kier alpha value is -2.75. The lowest BCUT2D eigenvalue weighted by atomic mass is 9.96. The summed E-state index contributed by atoms with van der Waals surface area (Å²) in [4.78, 5) is 0. The lowest BCUT2D eigenvalue weighted by Crippen LogP contribution is -2.66. The quantitative estimate of drug-likeness (QED) is 0.203. The molecule has 3 heterocycles. The molecule has 0 amide bonds. The van der Waals surface area contributed by atoms with Crippen LogP contribution in [0.4, 0.5) is 0 Å². The molecule has 6 nitrogen and oxygen atoms in total. The van der Waals surface area contributed by atoms with Gasteiger partial charge in [-0.2, -0.15) is 0 Å². The summed E-state index contributed by atoms with van der Waals surface area (Å²) in [5.74, 6) is 1.29. The number of aliphatic hydroxyl groups excluding tert-OH is 1. The summed E-state index contributed by atoms with van der Waals surface area (Å²) in [5.41, 5.74) is 2.99. The average molecular weight is 621 g/mol. The second-order valence-electron chi connectivity index (χ2n) is 12.7. The van der Waals surface area contributed by atoms with E-state index in [1.54, 1.807) is 6.07 Å². The first-order valence-electron chi connectivity index (χ1n) is 15.3. The van der Waals surface area contributed by atoms with Gasteiger partial charge in [0.25, 0.3) is 8.32 Å². The van der Waals surface area contributed by atoms with E-state index < -0.39 is 23.4 Å². The molecule has 1 N–H and O–H groups in total. The van der Waals surface area contributed by atoms with E-state index in [1.165, 1.54) is 15.9 Å². The Morgan fingerprint density at radius 2 is 1.65 bits per heavy atom. The number of benzene rings is 2. The van der Waals surface area contributed by atoms with Crippen molar-refractivity contribution < 1.29 is 27.1 Å². The third-order valence-electron chi connectivity index (χ3n) is 8.72. The second kappa shape index (κ2) is 13.1. The first-order chi connectivity index (χ1) is 20.6. The molecule has 230 valence electrons. The molecular formula is C35H44O6SSi. The van der Waals surface area contributed by atoms with E-state index in [0.717, 1.165) is 36.2 Å². The van der Waals surface area contributed by atoms with Gasteiger partial charge in [0.15, 0.2) is 9.84 Å². The topological polar surface area (TPSA) is 86.0 Å². The minimum absolute atomic E-state index is 0.0268. The van der Waals surface area contributed by atoms with Crippen molar-refractivity contribution in [3.63, 3.8) is 0 Å². The minimum atomic E-state index is -3.35. The molecule has 2 aliphatic heterocycles. The van der Waals surface area contributed by atoms with Crippen LogP contribution in [-0.2, 0) is 25.6 Å². The number of rotatable bonds is 12. The Morgan fingerprint density at radius 1 is 1.00 bits per heavy atom. The Bertz CT molecular complexity index is 1510. The van der Waals surface area contributed by atoms with Crippen LogP contribution < -0.4 is 10.4 Å². The second-order valence-corrected chi connectivity index (χ2v) is 19.2. The van der Waals surface area contributed by atoms with Crippen molar-refractivity contribution in [2.75, 3.05) is 19.0 Å². The highest BCUT2D eigenvalue weighted by Crippen LogP contribution is 2.41. The van der Waals surface area contributed by atoms with Crippen LogP contribution in [0.3, 0.4) is 0 Å². The van der Waals surface area contributed by atoms with Gasteiger partial charge in [-0.25, -0.2) is 8.42 Å². The van der Waals surface area contributed by atoms with Gasteiger partial charge in [0, 0.05) is 0 Å². The maximum absolute atomic E-state index is 13.4. The molecule has 2 aromatic carbocycles. The van der Waals surface area contributed by atoms with Crippen molar-refractivity contribution in [3.8, 4) is 0 Å². The van der Waals surface area contributed by atoms with E-state index in [0.29, 0.717) is 12.2 Å². The Morgan fingerprint density at radius 3 is 2.21 bits per heavy atom. The third-order valence-corrected chi connectivity index (χ3v) is 15.7. The largest absolute Gasteiger partial charge is 0.459 e. The molecule has 3 aromatic rings. The van der Waals surface area contributed by atoms with E-state index in [1.807, 2.05) is 24.3 Å². The van der Waals surface area contributed by atoms with Crippen molar-refractivity contribution >= 4 is 34.6 Å². The third kappa shape index (κ3) is 6.54. The number of hydrogen-bond acceptors (Lipinski definition) is 6. The highest BCUT2D eigenvalue weighted by molar-refractivity contribution is 7.92. The molecule has 0 spiro atoms. The highest BCUT2D eigenvalue weighted by atomic mass is 32.2. The maximum atomic E-state index is 13.4. The molecule has 0 saturated carbocycles. The molecule has 1 saturated heterocycles.